The molecule has 2 aromatic rings. The molecule has 7 heteroatoms. The Kier molecular flexibility index (Phi) is 5.20. The van der Waals surface area contributed by atoms with Gasteiger partial charge in [0, 0.05) is 11.1 Å². The highest BCUT2D eigenvalue weighted by Gasteiger charge is 2.24. The van der Waals surface area contributed by atoms with Crippen molar-refractivity contribution in [3.8, 4) is 6.07 Å². The molecule has 0 N–H and O–H groups in total. The minimum absolute atomic E-state index is 0.129. The molecule has 2 rings (SSSR count). The second kappa shape index (κ2) is 7.11. The van der Waals surface area contributed by atoms with Crippen LogP contribution in [0.3, 0.4) is 0 Å². The van der Waals surface area contributed by atoms with Gasteiger partial charge < -0.3 is 4.74 Å². The quantitative estimate of drug-likeness (QED) is 0.764. The molecule has 2 heterocycles. The fourth-order valence-corrected chi connectivity index (χ4v) is 3.15. The molecule has 0 aliphatic rings. The van der Waals surface area contributed by atoms with Crippen LogP contribution in [0.25, 0.3) is 0 Å². The van der Waals surface area contributed by atoms with E-state index in [0.29, 0.717) is 5.01 Å². The number of rotatable bonds is 6. The number of thiazole rings is 1. The van der Waals surface area contributed by atoms with Crippen LogP contribution in [0.5, 0.6) is 0 Å². The number of ketones is 1. The van der Waals surface area contributed by atoms with E-state index in [9.17, 15) is 9.59 Å². The third-order valence-electron chi connectivity index (χ3n) is 2.64. The van der Waals surface area contributed by atoms with Crippen LogP contribution in [0.2, 0.25) is 0 Å². The zero-order valence-electron chi connectivity index (χ0n) is 11.2. The van der Waals surface area contributed by atoms with Gasteiger partial charge in [0.15, 0.2) is 18.3 Å². The predicted octanol–water partition coefficient (Wildman–Crippen LogP) is 2.48. The molecular formula is C14H12N2O3S2. The van der Waals surface area contributed by atoms with Crippen molar-refractivity contribution in [2.75, 3.05) is 6.61 Å². The molecule has 108 valence electrons. The zero-order chi connectivity index (χ0) is 15.2. The second-order valence-electron chi connectivity index (χ2n) is 4.32. The van der Waals surface area contributed by atoms with Gasteiger partial charge in [-0.2, -0.15) is 16.6 Å². The van der Waals surface area contributed by atoms with Crippen molar-refractivity contribution >= 4 is 34.4 Å². The second-order valence-corrected chi connectivity index (χ2v) is 5.99. The Hall–Kier alpha value is -2.04. The van der Waals surface area contributed by atoms with Gasteiger partial charge in [-0.05, 0) is 29.3 Å². The maximum atomic E-state index is 12.0. The number of aryl methyl sites for hydroxylation is 1. The number of esters is 1. The minimum Gasteiger partial charge on any atom is -0.457 e. The van der Waals surface area contributed by atoms with Crippen LogP contribution >= 0.6 is 22.7 Å². The van der Waals surface area contributed by atoms with Crippen LogP contribution in [0.15, 0.2) is 22.2 Å². The van der Waals surface area contributed by atoms with Gasteiger partial charge in [0.1, 0.15) is 5.01 Å². The number of nitrogens with zero attached hydrogens (tertiary/aromatic N) is 2. The van der Waals surface area contributed by atoms with Crippen LogP contribution in [-0.4, -0.2) is 23.3 Å². The Morgan fingerprint density at radius 2 is 2.29 bits per heavy atom. The summed E-state index contributed by atoms with van der Waals surface area (Å²) in [7, 11) is 0. The molecule has 0 saturated carbocycles. The summed E-state index contributed by atoms with van der Waals surface area (Å²) in [5.74, 6) is -1.91. The summed E-state index contributed by atoms with van der Waals surface area (Å²) in [6.45, 7) is 1.39. The van der Waals surface area contributed by atoms with Crippen LogP contribution in [-0.2, 0) is 20.7 Å². The minimum atomic E-state index is -0.974. The average molecular weight is 320 g/mol. The van der Waals surface area contributed by atoms with Crippen molar-refractivity contribution in [1.82, 2.24) is 4.98 Å². The summed E-state index contributed by atoms with van der Waals surface area (Å²) in [6.07, 6.45) is 0.129. The van der Waals surface area contributed by atoms with Gasteiger partial charge in [-0.15, -0.1) is 11.3 Å². The molecule has 1 atom stereocenters. The number of thiophene rings is 1. The highest BCUT2D eigenvalue weighted by atomic mass is 32.1. The standard InChI is InChI=1S/C14H12N2O3S2/c1-9-7-21-14(16-9)11(5-15)12(17)6-19-13(18)4-10-2-3-20-8-10/h2-3,7-8,11H,4,6H2,1H3/t11-/m0/s1. The van der Waals surface area contributed by atoms with Gasteiger partial charge in [-0.25, -0.2) is 4.98 Å². The number of aromatic nitrogens is 1. The van der Waals surface area contributed by atoms with Gasteiger partial charge in [-0.1, -0.05) is 0 Å². The Bertz CT molecular complexity index is 671. The Morgan fingerprint density at radius 3 is 2.86 bits per heavy atom. The first-order chi connectivity index (χ1) is 10.1. The monoisotopic (exact) mass is 320 g/mol. The molecule has 0 aromatic carbocycles. The molecule has 0 unspecified atom stereocenters. The number of Topliss-reactive ketones (excluding diaryl/α,β-unsaturated/α-hetero) is 1. The number of hydrogen-bond acceptors (Lipinski definition) is 7. The third kappa shape index (κ3) is 4.21. The molecule has 21 heavy (non-hydrogen) atoms. The Balaban J connectivity index is 1.88. The normalized spacial score (nSPS) is 11.6. The third-order valence-corrected chi connectivity index (χ3v) is 4.40. The summed E-state index contributed by atoms with van der Waals surface area (Å²) in [4.78, 5) is 27.7. The fourth-order valence-electron chi connectivity index (χ4n) is 1.62. The highest BCUT2D eigenvalue weighted by Crippen LogP contribution is 2.20. The molecule has 0 radical (unpaired) electrons. The van der Waals surface area contributed by atoms with Gasteiger partial charge in [0.05, 0.1) is 12.5 Å². The first-order valence-corrected chi connectivity index (χ1v) is 7.93. The smallest absolute Gasteiger partial charge is 0.310 e. The van der Waals surface area contributed by atoms with Gasteiger partial charge in [-0.3, -0.25) is 9.59 Å². The van der Waals surface area contributed by atoms with E-state index in [1.807, 2.05) is 22.9 Å². The van der Waals surface area contributed by atoms with E-state index in [-0.39, 0.29) is 6.42 Å². The van der Waals surface area contributed by atoms with Crippen LogP contribution in [0.1, 0.15) is 22.2 Å². The largest absolute Gasteiger partial charge is 0.457 e. The van der Waals surface area contributed by atoms with Crippen molar-refractivity contribution in [2.45, 2.75) is 19.3 Å². The Labute approximate surface area is 129 Å². The molecule has 0 bridgehead atoms. The number of carbonyl (C=O) groups is 2. The summed E-state index contributed by atoms with van der Waals surface area (Å²) in [5.41, 5.74) is 1.61. The van der Waals surface area contributed by atoms with E-state index < -0.39 is 24.3 Å². The number of hydrogen-bond donors (Lipinski definition) is 0. The molecule has 0 aliphatic carbocycles. The van der Waals surface area contributed by atoms with E-state index in [0.717, 1.165) is 11.3 Å². The molecule has 5 nitrogen and oxygen atoms in total. The molecule has 0 saturated heterocycles. The maximum Gasteiger partial charge on any atom is 0.310 e. The lowest BCUT2D eigenvalue weighted by Crippen LogP contribution is -2.20. The maximum absolute atomic E-state index is 12.0. The first-order valence-electron chi connectivity index (χ1n) is 6.11. The van der Waals surface area contributed by atoms with Gasteiger partial charge in [0.2, 0.25) is 0 Å². The summed E-state index contributed by atoms with van der Waals surface area (Å²) in [5, 5.41) is 15.0. The number of ether oxygens (including phenoxy) is 1. The van der Waals surface area contributed by atoms with E-state index >= 15 is 0 Å². The van der Waals surface area contributed by atoms with Crippen LogP contribution < -0.4 is 0 Å². The van der Waals surface area contributed by atoms with Crippen molar-refractivity contribution in [3.63, 3.8) is 0 Å². The molecular weight excluding hydrogens is 308 g/mol. The van der Waals surface area contributed by atoms with Gasteiger partial charge in [0.25, 0.3) is 0 Å². The molecule has 0 amide bonds. The predicted molar refractivity (Wildman–Crippen MR) is 79.2 cm³/mol. The van der Waals surface area contributed by atoms with E-state index in [4.69, 9.17) is 10.00 Å². The SMILES string of the molecule is Cc1csc([C@@H](C#N)C(=O)COC(=O)Cc2ccsc2)n1. The number of nitriles is 1. The summed E-state index contributed by atoms with van der Waals surface area (Å²) in [6, 6.07) is 3.73. The van der Waals surface area contributed by atoms with E-state index in [2.05, 4.69) is 4.98 Å². The van der Waals surface area contributed by atoms with Crippen LogP contribution in [0.4, 0.5) is 0 Å². The summed E-state index contributed by atoms with van der Waals surface area (Å²) >= 11 is 2.74. The molecule has 0 spiro atoms. The lowest BCUT2D eigenvalue weighted by atomic mass is 10.1. The van der Waals surface area contributed by atoms with Crippen molar-refractivity contribution in [3.05, 3.63) is 38.5 Å². The molecule has 0 fully saturated rings. The van der Waals surface area contributed by atoms with Gasteiger partial charge >= 0.3 is 5.97 Å². The highest BCUT2D eigenvalue weighted by molar-refractivity contribution is 7.10. The first kappa shape index (κ1) is 15.4. The van der Waals surface area contributed by atoms with Crippen molar-refractivity contribution < 1.29 is 14.3 Å². The van der Waals surface area contributed by atoms with Crippen molar-refractivity contribution in [1.29, 1.82) is 5.26 Å². The average Bonchev–Trinajstić information content (AvgIpc) is 3.09. The van der Waals surface area contributed by atoms with Crippen molar-refractivity contribution in [2.24, 2.45) is 0 Å². The van der Waals surface area contributed by atoms with E-state index in [1.165, 1.54) is 22.7 Å². The van der Waals surface area contributed by atoms with Crippen LogP contribution in [0, 0.1) is 18.3 Å². The van der Waals surface area contributed by atoms with E-state index in [1.54, 1.807) is 12.3 Å². The number of carbonyl (C=O) groups excluding carboxylic acids is 2. The molecule has 2 aromatic heterocycles. The molecule has 0 aliphatic heterocycles. The zero-order valence-corrected chi connectivity index (χ0v) is 12.9. The Morgan fingerprint density at radius 1 is 1.48 bits per heavy atom. The lowest BCUT2D eigenvalue weighted by molar-refractivity contribution is -0.147. The lowest BCUT2D eigenvalue weighted by Gasteiger charge is -2.06. The summed E-state index contributed by atoms with van der Waals surface area (Å²) < 4.78 is 4.93. The topological polar surface area (TPSA) is 80.0 Å². The fraction of sp³-hybridized carbons (Fsp3) is 0.286.